The van der Waals surface area contributed by atoms with E-state index in [1.807, 2.05) is 48.7 Å². The van der Waals surface area contributed by atoms with Crippen LogP contribution in [0.1, 0.15) is 35.8 Å². The second-order valence-corrected chi connectivity index (χ2v) is 7.27. The van der Waals surface area contributed by atoms with Crippen molar-refractivity contribution in [1.82, 2.24) is 9.97 Å². The Morgan fingerprint density at radius 2 is 1.86 bits per heavy atom. The fraction of sp³-hybridized carbons (Fsp3) is 0.174. The van der Waals surface area contributed by atoms with Gasteiger partial charge < -0.3 is 15.1 Å². The predicted octanol–water partition coefficient (Wildman–Crippen LogP) is 6.52. The molecule has 0 saturated carbocycles. The molecule has 2 heterocycles. The lowest BCUT2D eigenvalue weighted by atomic mass is 9.93. The summed E-state index contributed by atoms with van der Waals surface area (Å²) < 4.78 is 0. The maximum absolute atomic E-state index is 12.1. The Labute approximate surface area is 168 Å². The van der Waals surface area contributed by atoms with E-state index < -0.39 is 5.97 Å². The van der Waals surface area contributed by atoms with E-state index in [9.17, 15) is 9.90 Å². The van der Waals surface area contributed by atoms with Crippen LogP contribution in [0.15, 0.2) is 54.7 Å². The standard InChI is InChI=1S/C23H21ClN2O2/c1-2-3-7-17-20(16-8-4-5-10-18(16)24)22(23(27)28)26-21(17)15-9-6-11-19-14(15)12-13-25-19/h4-6,8-13,25-26H,2-3,7H2,1H3,(H,27,28). The van der Waals surface area contributed by atoms with Gasteiger partial charge in [-0.05, 0) is 36.6 Å². The molecule has 28 heavy (non-hydrogen) atoms. The lowest BCUT2D eigenvalue weighted by Crippen LogP contribution is -2.00. The van der Waals surface area contributed by atoms with Gasteiger partial charge in [0.15, 0.2) is 0 Å². The van der Waals surface area contributed by atoms with Crippen molar-refractivity contribution < 1.29 is 9.90 Å². The van der Waals surface area contributed by atoms with E-state index in [0.717, 1.165) is 52.5 Å². The Kier molecular flexibility index (Phi) is 4.97. The third kappa shape index (κ3) is 3.10. The molecule has 0 spiro atoms. The van der Waals surface area contributed by atoms with E-state index in [4.69, 9.17) is 11.6 Å². The molecule has 3 N–H and O–H groups in total. The largest absolute Gasteiger partial charge is 0.477 e. The second-order valence-electron chi connectivity index (χ2n) is 6.86. The summed E-state index contributed by atoms with van der Waals surface area (Å²) in [7, 11) is 0. The number of aromatic carboxylic acids is 1. The summed E-state index contributed by atoms with van der Waals surface area (Å²) in [5, 5.41) is 11.5. The van der Waals surface area contributed by atoms with Crippen LogP contribution < -0.4 is 0 Å². The van der Waals surface area contributed by atoms with Gasteiger partial charge in [-0.3, -0.25) is 0 Å². The summed E-state index contributed by atoms with van der Waals surface area (Å²) >= 11 is 6.46. The zero-order chi connectivity index (χ0) is 19.7. The first-order chi connectivity index (χ1) is 13.6. The topological polar surface area (TPSA) is 68.9 Å². The number of hydrogen-bond donors (Lipinski definition) is 3. The smallest absolute Gasteiger partial charge is 0.352 e. The van der Waals surface area contributed by atoms with Gasteiger partial charge in [0.25, 0.3) is 0 Å². The summed E-state index contributed by atoms with van der Waals surface area (Å²) in [4.78, 5) is 18.5. The number of carbonyl (C=O) groups is 1. The summed E-state index contributed by atoms with van der Waals surface area (Å²) in [6.45, 7) is 2.13. The summed E-state index contributed by atoms with van der Waals surface area (Å²) in [6, 6.07) is 15.5. The lowest BCUT2D eigenvalue weighted by Gasteiger charge is -2.10. The maximum Gasteiger partial charge on any atom is 0.352 e. The predicted molar refractivity (Wildman–Crippen MR) is 114 cm³/mol. The third-order valence-electron chi connectivity index (χ3n) is 5.11. The highest BCUT2D eigenvalue weighted by atomic mass is 35.5. The van der Waals surface area contributed by atoms with Crippen molar-refractivity contribution in [2.75, 3.05) is 0 Å². The van der Waals surface area contributed by atoms with Gasteiger partial charge in [0.1, 0.15) is 5.69 Å². The number of fused-ring (bicyclic) bond motifs is 1. The molecule has 0 aliphatic carbocycles. The Balaban J connectivity index is 2.05. The molecule has 142 valence electrons. The fourth-order valence-corrected chi connectivity index (χ4v) is 4.03. The summed E-state index contributed by atoms with van der Waals surface area (Å²) in [6.07, 6.45) is 4.65. The van der Waals surface area contributed by atoms with Crippen molar-refractivity contribution in [3.05, 3.63) is 71.0 Å². The number of nitrogens with one attached hydrogen (secondary N) is 2. The average Bonchev–Trinajstić information content (AvgIpc) is 3.31. The fourth-order valence-electron chi connectivity index (χ4n) is 3.80. The number of halogens is 1. The number of aromatic nitrogens is 2. The van der Waals surface area contributed by atoms with E-state index in [1.54, 1.807) is 6.07 Å². The third-order valence-corrected chi connectivity index (χ3v) is 5.43. The Bertz CT molecular complexity index is 1160. The average molecular weight is 393 g/mol. The minimum absolute atomic E-state index is 0.182. The van der Waals surface area contributed by atoms with E-state index in [1.165, 1.54) is 0 Å². The number of aromatic amines is 2. The van der Waals surface area contributed by atoms with Crippen molar-refractivity contribution >= 4 is 28.5 Å². The van der Waals surface area contributed by atoms with Crippen LogP contribution in [0.4, 0.5) is 0 Å². The molecule has 0 amide bonds. The summed E-state index contributed by atoms with van der Waals surface area (Å²) in [5.74, 6) is -0.986. The molecule has 0 aliphatic rings. The lowest BCUT2D eigenvalue weighted by molar-refractivity contribution is 0.0692. The van der Waals surface area contributed by atoms with Gasteiger partial charge in [0.05, 0.1) is 5.69 Å². The second kappa shape index (κ2) is 7.56. The highest BCUT2D eigenvalue weighted by molar-refractivity contribution is 6.33. The molecule has 0 aliphatic heterocycles. The Hall–Kier alpha value is -2.98. The zero-order valence-corrected chi connectivity index (χ0v) is 16.3. The number of H-pyrrole nitrogens is 2. The molecule has 0 unspecified atom stereocenters. The van der Waals surface area contributed by atoms with Crippen molar-refractivity contribution in [2.24, 2.45) is 0 Å². The van der Waals surface area contributed by atoms with Crippen LogP contribution in [0.5, 0.6) is 0 Å². The molecule has 4 aromatic rings. The minimum atomic E-state index is -0.986. The Morgan fingerprint density at radius 1 is 1.07 bits per heavy atom. The first kappa shape index (κ1) is 18.4. The SMILES string of the molecule is CCCCc1c(-c2cccc3[nH]ccc23)[nH]c(C(=O)O)c1-c1ccccc1Cl. The number of carboxylic acid groups (broad SMARTS) is 1. The monoisotopic (exact) mass is 392 g/mol. The number of hydrogen-bond acceptors (Lipinski definition) is 1. The molecule has 0 radical (unpaired) electrons. The molecule has 4 nitrogen and oxygen atoms in total. The molecule has 2 aromatic heterocycles. The van der Waals surface area contributed by atoms with Crippen LogP contribution in [-0.4, -0.2) is 21.0 Å². The Morgan fingerprint density at radius 3 is 2.61 bits per heavy atom. The van der Waals surface area contributed by atoms with Gasteiger partial charge >= 0.3 is 5.97 Å². The van der Waals surface area contributed by atoms with Gasteiger partial charge in [0.2, 0.25) is 0 Å². The summed E-state index contributed by atoms with van der Waals surface area (Å²) in [5.41, 5.74) is 5.48. The van der Waals surface area contributed by atoms with Crippen molar-refractivity contribution in [1.29, 1.82) is 0 Å². The molecule has 2 aromatic carbocycles. The molecule has 0 atom stereocenters. The number of rotatable bonds is 6. The van der Waals surface area contributed by atoms with Crippen LogP contribution in [0, 0.1) is 0 Å². The van der Waals surface area contributed by atoms with Gasteiger partial charge in [-0.25, -0.2) is 4.79 Å². The molecule has 0 fully saturated rings. The molecule has 0 saturated heterocycles. The van der Waals surface area contributed by atoms with Crippen molar-refractivity contribution in [3.63, 3.8) is 0 Å². The number of carboxylic acids is 1. The molecule has 5 heteroatoms. The van der Waals surface area contributed by atoms with E-state index >= 15 is 0 Å². The van der Waals surface area contributed by atoms with Crippen molar-refractivity contribution in [3.8, 4) is 22.4 Å². The van der Waals surface area contributed by atoms with E-state index in [0.29, 0.717) is 10.6 Å². The number of unbranched alkanes of at least 4 members (excludes halogenated alkanes) is 1. The maximum atomic E-state index is 12.1. The van der Waals surface area contributed by atoms with Gasteiger partial charge in [-0.2, -0.15) is 0 Å². The molecule has 4 rings (SSSR count). The van der Waals surface area contributed by atoms with Crippen LogP contribution in [0.25, 0.3) is 33.3 Å². The zero-order valence-electron chi connectivity index (χ0n) is 15.6. The number of benzene rings is 2. The van der Waals surface area contributed by atoms with Crippen LogP contribution in [0.3, 0.4) is 0 Å². The molecule has 0 bridgehead atoms. The normalized spacial score (nSPS) is 11.2. The molecular weight excluding hydrogens is 372 g/mol. The van der Waals surface area contributed by atoms with E-state index in [-0.39, 0.29) is 5.69 Å². The van der Waals surface area contributed by atoms with Crippen LogP contribution in [-0.2, 0) is 6.42 Å². The quantitative estimate of drug-likeness (QED) is 0.349. The van der Waals surface area contributed by atoms with Crippen molar-refractivity contribution in [2.45, 2.75) is 26.2 Å². The van der Waals surface area contributed by atoms with Crippen LogP contribution >= 0.6 is 11.6 Å². The van der Waals surface area contributed by atoms with Gasteiger partial charge in [-0.15, -0.1) is 0 Å². The first-order valence-electron chi connectivity index (χ1n) is 9.41. The highest BCUT2D eigenvalue weighted by Gasteiger charge is 2.25. The highest BCUT2D eigenvalue weighted by Crippen LogP contribution is 2.41. The van der Waals surface area contributed by atoms with Gasteiger partial charge in [0, 0.05) is 38.8 Å². The van der Waals surface area contributed by atoms with E-state index in [2.05, 4.69) is 16.9 Å². The molecular formula is C23H21ClN2O2. The first-order valence-corrected chi connectivity index (χ1v) is 9.79. The van der Waals surface area contributed by atoms with Crippen LogP contribution in [0.2, 0.25) is 5.02 Å². The van der Waals surface area contributed by atoms with Gasteiger partial charge in [-0.1, -0.05) is 55.3 Å². The minimum Gasteiger partial charge on any atom is -0.477 e.